The minimum absolute atomic E-state index is 0.876. The van der Waals surface area contributed by atoms with Crippen molar-refractivity contribution in [1.82, 2.24) is 4.57 Å². The van der Waals surface area contributed by atoms with Crippen molar-refractivity contribution >= 4 is 71.6 Å². The molecule has 0 radical (unpaired) electrons. The minimum atomic E-state index is 0.876. The highest BCUT2D eigenvalue weighted by molar-refractivity contribution is 6.14. The lowest BCUT2D eigenvalue weighted by Crippen LogP contribution is -2.10. The van der Waals surface area contributed by atoms with Gasteiger partial charge in [-0.3, -0.25) is 0 Å². The molecule has 0 bridgehead atoms. The molecule has 0 aliphatic carbocycles. The van der Waals surface area contributed by atoms with Crippen LogP contribution in [0.15, 0.2) is 211 Å². The average molecular weight is 703 g/mol. The molecule has 55 heavy (non-hydrogen) atoms. The Labute approximate surface area is 318 Å². The predicted molar refractivity (Wildman–Crippen MR) is 231 cm³/mol. The standard InChI is InChI=1S/C52H34N2O/c1-2-11-35(12-3-1)37-21-29-42(30-22-37)54-47-17-8-6-15-44(47)46-34-40(26-32-48(46)54)38-23-27-41(28-24-38)53(43-31-25-36-13-4-5-14-39(36)33-43)49-18-10-20-51-52(49)45-16-7-9-19-50(45)55-51/h1-34H. The normalized spacial score (nSPS) is 11.6. The van der Waals surface area contributed by atoms with E-state index in [9.17, 15) is 0 Å². The molecule has 2 heterocycles. The summed E-state index contributed by atoms with van der Waals surface area (Å²) in [6.45, 7) is 0. The number of furan rings is 1. The van der Waals surface area contributed by atoms with Crippen LogP contribution in [0.3, 0.4) is 0 Å². The fourth-order valence-electron chi connectivity index (χ4n) is 8.35. The molecule has 0 aliphatic heterocycles. The zero-order chi connectivity index (χ0) is 36.3. The number of fused-ring (bicyclic) bond motifs is 7. The first-order valence-electron chi connectivity index (χ1n) is 18.8. The van der Waals surface area contributed by atoms with Crippen LogP contribution < -0.4 is 4.90 Å². The van der Waals surface area contributed by atoms with Gasteiger partial charge in [-0.05, 0) is 106 Å². The number of anilines is 3. The van der Waals surface area contributed by atoms with Crippen molar-refractivity contribution in [3.63, 3.8) is 0 Å². The molecule has 0 aliphatic rings. The summed E-state index contributed by atoms with van der Waals surface area (Å²) in [5.74, 6) is 0. The van der Waals surface area contributed by atoms with Gasteiger partial charge in [0.25, 0.3) is 0 Å². The van der Waals surface area contributed by atoms with Crippen LogP contribution in [-0.4, -0.2) is 4.57 Å². The summed E-state index contributed by atoms with van der Waals surface area (Å²) in [6, 6.07) is 74.0. The Bertz CT molecular complexity index is 3190. The first-order chi connectivity index (χ1) is 27.3. The Morgan fingerprint density at radius 3 is 1.84 bits per heavy atom. The largest absolute Gasteiger partial charge is 0.456 e. The number of aromatic nitrogens is 1. The van der Waals surface area contributed by atoms with Gasteiger partial charge in [0.15, 0.2) is 0 Å². The first-order valence-corrected chi connectivity index (χ1v) is 18.8. The van der Waals surface area contributed by atoms with E-state index in [1.165, 1.54) is 54.8 Å². The number of hydrogen-bond donors (Lipinski definition) is 0. The molecule has 11 aromatic rings. The molecule has 0 spiro atoms. The Balaban J connectivity index is 1.02. The maximum absolute atomic E-state index is 6.35. The average Bonchev–Trinajstić information content (AvgIpc) is 3.80. The van der Waals surface area contributed by atoms with Crippen LogP contribution in [-0.2, 0) is 0 Å². The van der Waals surface area contributed by atoms with E-state index < -0.39 is 0 Å². The second kappa shape index (κ2) is 12.6. The second-order valence-corrected chi connectivity index (χ2v) is 14.2. The van der Waals surface area contributed by atoms with Gasteiger partial charge in [0.1, 0.15) is 11.2 Å². The van der Waals surface area contributed by atoms with Crippen molar-refractivity contribution in [3.05, 3.63) is 206 Å². The third-order valence-electron chi connectivity index (χ3n) is 11.0. The third kappa shape index (κ3) is 5.20. The molecule has 11 rings (SSSR count). The van der Waals surface area contributed by atoms with Crippen molar-refractivity contribution < 1.29 is 4.42 Å². The molecule has 3 heteroatoms. The molecule has 0 saturated heterocycles. The molecule has 9 aromatic carbocycles. The quantitative estimate of drug-likeness (QED) is 0.172. The summed E-state index contributed by atoms with van der Waals surface area (Å²) in [5, 5.41) is 7.11. The molecule has 0 amide bonds. The molecular formula is C52H34N2O. The van der Waals surface area contributed by atoms with E-state index in [1.54, 1.807) is 0 Å². The first kappa shape index (κ1) is 31.2. The van der Waals surface area contributed by atoms with Crippen molar-refractivity contribution in [3.8, 4) is 27.9 Å². The topological polar surface area (TPSA) is 21.3 Å². The zero-order valence-electron chi connectivity index (χ0n) is 29.9. The van der Waals surface area contributed by atoms with Gasteiger partial charge < -0.3 is 13.9 Å². The molecule has 2 aromatic heterocycles. The Hall–Kier alpha value is -7.36. The van der Waals surface area contributed by atoms with E-state index in [0.29, 0.717) is 0 Å². The highest BCUT2D eigenvalue weighted by Crippen LogP contribution is 2.44. The van der Waals surface area contributed by atoms with Crippen LogP contribution in [0.1, 0.15) is 0 Å². The van der Waals surface area contributed by atoms with Crippen molar-refractivity contribution in [1.29, 1.82) is 0 Å². The van der Waals surface area contributed by atoms with Crippen molar-refractivity contribution in [2.45, 2.75) is 0 Å². The van der Waals surface area contributed by atoms with Gasteiger partial charge in [0, 0.05) is 33.2 Å². The van der Waals surface area contributed by atoms with Crippen LogP contribution in [0.2, 0.25) is 0 Å². The molecule has 0 saturated carbocycles. The van der Waals surface area contributed by atoms with Gasteiger partial charge in [-0.15, -0.1) is 0 Å². The Morgan fingerprint density at radius 1 is 0.364 bits per heavy atom. The Morgan fingerprint density at radius 2 is 0.982 bits per heavy atom. The number of benzene rings is 9. The molecule has 0 unspecified atom stereocenters. The van der Waals surface area contributed by atoms with Crippen molar-refractivity contribution in [2.24, 2.45) is 0 Å². The lowest BCUT2D eigenvalue weighted by Gasteiger charge is -2.27. The number of nitrogens with zero attached hydrogens (tertiary/aromatic N) is 2. The number of rotatable bonds is 6. The molecular weight excluding hydrogens is 669 g/mol. The predicted octanol–water partition coefficient (Wildman–Crippen LogP) is 14.6. The van der Waals surface area contributed by atoms with E-state index in [1.807, 2.05) is 12.1 Å². The van der Waals surface area contributed by atoms with E-state index in [0.717, 1.165) is 44.7 Å². The van der Waals surface area contributed by atoms with E-state index in [2.05, 4.69) is 204 Å². The lowest BCUT2D eigenvalue weighted by atomic mass is 10.0. The van der Waals surface area contributed by atoms with Gasteiger partial charge >= 0.3 is 0 Å². The van der Waals surface area contributed by atoms with Crippen LogP contribution in [0.25, 0.3) is 82.5 Å². The number of para-hydroxylation sites is 2. The zero-order valence-corrected chi connectivity index (χ0v) is 29.9. The highest BCUT2D eigenvalue weighted by Gasteiger charge is 2.20. The van der Waals surface area contributed by atoms with Crippen molar-refractivity contribution in [2.75, 3.05) is 4.90 Å². The maximum Gasteiger partial charge on any atom is 0.137 e. The van der Waals surface area contributed by atoms with Gasteiger partial charge in [-0.25, -0.2) is 0 Å². The van der Waals surface area contributed by atoms with E-state index in [-0.39, 0.29) is 0 Å². The van der Waals surface area contributed by atoms with E-state index in [4.69, 9.17) is 4.42 Å². The fraction of sp³-hybridized carbons (Fsp3) is 0. The van der Waals surface area contributed by atoms with Gasteiger partial charge in [-0.1, -0.05) is 133 Å². The fourth-order valence-corrected chi connectivity index (χ4v) is 8.35. The highest BCUT2D eigenvalue weighted by atomic mass is 16.3. The maximum atomic E-state index is 6.35. The smallest absolute Gasteiger partial charge is 0.137 e. The molecule has 0 atom stereocenters. The summed E-state index contributed by atoms with van der Waals surface area (Å²) < 4.78 is 8.74. The summed E-state index contributed by atoms with van der Waals surface area (Å²) >= 11 is 0. The summed E-state index contributed by atoms with van der Waals surface area (Å²) in [7, 11) is 0. The molecule has 258 valence electrons. The summed E-state index contributed by atoms with van der Waals surface area (Å²) in [6.07, 6.45) is 0. The molecule has 0 N–H and O–H groups in total. The molecule has 3 nitrogen and oxygen atoms in total. The van der Waals surface area contributed by atoms with Crippen LogP contribution in [0, 0.1) is 0 Å². The van der Waals surface area contributed by atoms with Gasteiger partial charge in [0.2, 0.25) is 0 Å². The number of hydrogen-bond acceptors (Lipinski definition) is 2. The SMILES string of the molecule is c1ccc(-c2ccc(-n3c4ccccc4c4cc(-c5ccc(N(c6ccc7ccccc7c6)c6cccc7oc8ccccc8c67)cc5)ccc43)cc2)cc1. The van der Waals surface area contributed by atoms with Gasteiger partial charge in [0.05, 0.1) is 22.1 Å². The minimum Gasteiger partial charge on any atom is -0.456 e. The second-order valence-electron chi connectivity index (χ2n) is 14.2. The Kier molecular flexibility index (Phi) is 7.17. The van der Waals surface area contributed by atoms with Crippen LogP contribution >= 0.6 is 0 Å². The molecule has 0 fully saturated rings. The van der Waals surface area contributed by atoms with E-state index >= 15 is 0 Å². The summed E-state index contributed by atoms with van der Waals surface area (Å²) in [4.78, 5) is 2.36. The van der Waals surface area contributed by atoms with Gasteiger partial charge in [-0.2, -0.15) is 0 Å². The summed E-state index contributed by atoms with van der Waals surface area (Å²) in [5.41, 5.74) is 13.3. The monoisotopic (exact) mass is 702 g/mol. The lowest BCUT2D eigenvalue weighted by molar-refractivity contribution is 0.669. The van der Waals surface area contributed by atoms with Crippen LogP contribution in [0.5, 0.6) is 0 Å². The van der Waals surface area contributed by atoms with Crippen LogP contribution in [0.4, 0.5) is 17.1 Å². The third-order valence-corrected chi connectivity index (χ3v) is 11.0.